The summed E-state index contributed by atoms with van der Waals surface area (Å²) >= 11 is 0. The van der Waals surface area contributed by atoms with Crippen LogP contribution in [0.2, 0.25) is 0 Å². The highest BCUT2D eigenvalue weighted by molar-refractivity contribution is 6.25. The predicted octanol–water partition coefficient (Wildman–Crippen LogP) is 3.27. The molecule has 3 aliphatic heterocycles. The highest BCUT2D eigenvalue weighted by atomic mass is 16.6. The Bertz CT molecular complexity index is 1530. The Labute approximate surface area is 222 Å². The van der Waals surface area contributed by atoms with Gasteiger partial charge >= 0.3 is 0 Å². The second-order valence-corrected chi connectivity index (χ2v) is 9.26. The minimum atomic E-state index is -1.03. The molecule has 3 amide bonds. The number of non-ortho nitro benzene ring substituents is 1. The molecule has 12 heteroatoms. The van der Waals surface area contributed by atoms with Gasteiger partial charge in [-0.05, 0) is 23.3 Å². The molecule has 0 bridgehead atoms. The van der Waals surface area contributed by atoms with Crippen molar-refractivity contribution < 1.29 is 19.3 Å². The quantitative estimate of drug-likeness (QED) is 0.276. The van der Waals surface area contributed by atoms with Crippen LogP contribution >= 0.6 is 0 Å². The molecule has 0 N–H and O–H groups in total. The van der Waals surface area contributed by atoms with Crippen molar-refractivity contribution in [1.82, 2.24) is 10.0 Å². The van der Waals surface area contributed by atoms with Gasteiger partial charge in [-0.2, -0.15) is 10.2 Å². The third-order valence-electron chi connectivity index (χ3n) is 6.93. The van der Waals surface area contributed by atoms with Gasteiger partial charge in [0.2, 0.25) is 0 Å². The maximum Gasteiger partial charge on any atom is 0.269 e. The minimum absolute atomic E-state index is 0.0604. The van der Waals surface area contributed by atoms with E-state index < -0.39 is 40.8 Å². The zero-order valence-electron chi connectivity index (χ0n) is 20.4. The summed E-state index contributed by atoms with van der Waals surface area (Å²) in [6.45, 7) is -0.332. The smallest absolute Gasteiger partial charge is 0.269 e. The van der Waals surface area contributed by atoms with Crippen LogP contribution in [0.3, 0.4) is 0 Å². The fraction of sp³-hybridized carbons (Fsp3) is 0.185. The lowest BCUT2D eigenvalue weighted by atomic mass is 9.98. The van der Waals surface area contributed by atoms with E-state index in [4.69, 9.17) is 0 Å². The topological polar surface area (TPSA) is 141 Å². The second-order valence-electron chi connectivity index (χ2n) is 9.26. The lowest BCUT2D eigenvalue weighted by Crippen LogP contribution is -2.44. The van der Waals surface area contributed by atoms with E-state index in [1.807, 2.05) is 30.3 Å². The number of carbonyl (C=O) groups is 3. The van der Waals surface area contributed by atoms with E-state index in [9.17, 15) is 24.5 Å². The van der Waals surface area contributed by atoms with Crippen LogP contribution in [0.4, 0.5) is 11.4 Å². The zero-order valence-corrected chi connectivity index (χ0v) is 20.4. The highest BCUT2D eigenvalue weighted by Crippen LogP contribution is 2.35. The van der Waals surface area contributed by atoms with Gasteiger partial charge < -0.3 is 0 Å². The van der Waals surface area contributed by atoms with Crippen LogP contribution < -0.4 is 4.90 Å². The third-order valence-corrected chi connectivity index (χ3v) is 6.93. The van der Waals surface area contributed by atoms with Crippen LogP contribution in [0.1, 0.15) is 23.6 Å². The number of anilines is 1. The first-order valence-electron chi connectivity index (χ1n) is 12.2. The number of carbonyl (C=O) groups excluding carboxylic acids is 3. The molecule has 3 aliphatic rings. The summed E-state index contributed by atoms with van der Waals surface area (Å²) in [4.78, 5) is 51.6. The van der Waals surface area contributed by atoms with E-state index in [2.05, 4.69) is 15.4 Å². The maximum absolute atomic E-state index is 13.6. The number of imide groups is 1. The molecule has 3 aromatic carbocycles. The number of hydrogen-bond acceptors (Lipinski definition) is 9. The minimum Gasteiger partial charge on any atom is -0.271 e. The number of rotatable bonds is 6. The Balaban J connectivity index is 1.26. The first-order valence-corrected chi connectivity index (χ1v) is 12.2. The second kappa shape index (κ2) is 9.56. The number of fused-ring (bicyclic) bond motifs is 1. The van der Waals surface area contributed by atoms with Crippen LogP contribution in [-0.2, 0) is 14.4 Å². The molecule has 3 atom stereocenters. The number of amides is 3. The first kappa shape index (κ1) is 24.1. The van der Waals surface area contributed by atoms with Crippen molar-refractivity contribution in [1.29, 1.82) is 0 Å². The maximum atomic E-state index is 13.6. The van der Waals surface area contributed by atoms with Crippen molar-refractivity contribution >= 4 is 34.8 Å². The molecule has 12 nitrogen and oxygen atoms in total. The lowest BCUT2D eigenvalue weighted by molar-refractivity contribution is -0.384. The number of nitro groups is 1. The summed E-state index contributed by atoms with van der Waals surface area (Å²) in [5, 5.41) is 26.3. The SMILES string of the molecule is O=C1[C@@H]2[C@@H](N=NN2CC(=O)N2N=C(c3ccccc3)C[C@@H]2c2ccc([N+](=O)[O-])cc2)C(=O)N1c1ccccc1. The standard InChI is InChI=1S/C27H21N7O5/c35-23(16-31-25-24(28-30-31)26(36)32(27(25)37)19-9-5-2-6-10-19)33-22(18-11-13-20(14-12-18)34(38)39)15-21(29-33)17-7-3-1-4-8-17/h1-14,22,24-25H,15-16H2/t22-,24-,25+/m1/s1. The first-order chi connectivity index (χ1) is 18.9. The van der Waals surface area contributed by atoms with Crippen molar-refractivity contribution in [2.45, 2.75) is 24.5 Å². The number of nitro benzene ring substituents is 1. The Kier molecular flexibility index (Phi) is 5.91. The van der Waals surface area contributed by atoms with E-state index in [0.29, 0.717) is 23.4 Å². The fourth-order valence-electron chi connectivity index (χ4n) is 5.02. The van der Waals surface area contributed by atoms with Gasteiger partial charge in [0, 0.05) is 18.6 Å². The number of benzene rings is 3. The third kappa shape index (κ3) is 4.21. The van der Waals surface area contributed by atoms with Gasteiger partial charge in [-0.25, -0.2) is 9.91 Å². The fourth-order valence-corrected chi connectivity index (χ4v) is 5.02. The molecule has 3 aromatic rings. The molecule has 3 heterocycles. The normalized spacial score (nSPS) is 21.9. The van der Waals surface area contributed by atoms with Gasteiger partial charge in [0.05, 0.1) is 22.4 Å². The molecule has 0 aliphatic carbocycles. The van der Waals surface area contributed by atoms with Gasteiger partial charge in [0.25, 0.3) is 23.4 Å². The van der Waals surface area contributed by atoms with E-state index in [-0.39, 0.29) is 12.2 Å². The van der Waals surface area contributed by atoms with Crippen molar-refractivity contribution in [2.24, 2.45) is 15.4 Å². The van der Waals surface area contributed by atoms with Crippen molar-refractivity contribution in [3.63, 3.8) is 0 Å². The molecule has 0 radical (unpaired) electrons. The molecule has 1 fully saturated rings. The molecule has 0 saturated carbocycles. The van der Waals surface area contributed by atoms with Crippen LogP contribution in [0.5, 0.6) is 0 Å². The van der Waals surface area contributed by atoms with Gasteiger partial charge in [0.1, 0.15) is 6.54 Å². The van der Waals surface area contributed by atoms with Gasteiger partial charge in [-0.15, -0.1) is 0 Å². The van der Waals surface area contributed by atoms with Crippen LogP contribution in [0.25, 0.3) is 0 Å². The number of para-hydroxylation sites is 1. The average Bonchev–Trinajstić information content (AvgIpc) is 3.65. The summed E-state index contributed by atoms with van der Waals surface area (Å²) < 4.78 is 0. The highest BCUT2D eigenvalue weighted by Gasteiger charge is 2.55. The van der Waals surface area contributed by atoms with Crippen molar-refractivity contribution in [3.05, 3.63) is 106 Å². The molecular weight excluding hydrogens is 502 g/mol. The summed E-state index contributed by atoms with van der Waals surface area (Å²) in [7, 11) is 0. The number of nitrogens with zero attached hydrogens (tertiary/aromatic N) is 7. The molecule has 0 aromatic heterocycles. The van der Waals surface area contributed by atoms with Gasteiger partial charge in [-0.1, -0.05) is 65.9 Å². The Morgan fingerprint density at radius 3 is 2.26 bits per heavy atom. The zero-order chi connectivity index (χ0) is 27.1. The van der Waals surface area contributed by atoms with Crippen molar-refractivity contribution in [3.8, 4) is 0 Å². The summed E-state index contributed by atoms with van der Waals surface area (Å²) in [5.74, 6) is -1.46. The largest absolute Gasteiger partial charge is 0.271 e. The number of hydrogen-bond donors (Lipinski definition) is 0. The van der Waals surface area contributed by atoms with E-state index in [1.54, 1.807) is 42.5 Å². The predicted molar refractivity (Wildman–Crippen MR) is 138 cm³/mol. The van der Waals surface area contributed by atoms with Crippen LogP contribution in [-0.4, -0.2) is 57.0 Å². The number of hydrazone groups is 1. The lowest BCUT2D eigenvalue weighted by Gasteiger charge is -2.25. The molecular formula is C27H21N7O5. The van der Waals surface area contributed by atoms with Crippen LogP contribution in [0.15, 0.2) is 100 Å². The van der Waals surface area contributed by atoms with Gasteiger partial charge in [-0.3, -0.25) is 29.5 Å². The molecule has 1 saturated heterocycles. The molecule has 194 valence electrons. The monoisotopic (exact) mass is 523 g/mol. The summed E-state index contributed by atoms with van der Waals surface area (Å²) in [6.07, 6.45) is 0.389. The Morgan fingerprint density at radius 2 is 1.59 bits per heavy atom. The van der Waals surface area contributed by atoms with E-state index in [1.165, 1.54) is 22.2 Å². The van der Waals surface area contributed by atoms with Crippen molar-refractivity contribution in [2.75, 3.05) is 11.4 Å². The Hall–Kier alpha value is -5.26. The molecule has 6 rings (SSSR count). The van der Waals surface area contributed by atoms with Gasteiger partial charge in [0.15, 0.2) is 12.1 Å². The van der Waals surface area contributed by atoms with Crippen LogP contribution in [0, 0.1) is 10.1 Å². The van der Waals surface area contributed by atoms with E-state index in [0.717, 1.165) is 10.5 Å². The van der Waals surface area contributed by atoms with E-state index >= 15 is 0 Å². The average molecular weight is 524 g/mol. The molecule has 0 unspecified atom stereocenters. The summed E-state index contributed by atoms with van der Waals surface area (Å²) in [6, 6.07) is 21.3. The molecule has 0 spiro atoms. The molecule has 39 heavy (non-hydrogen) atoms. The summed E-state index contributed by atoms with van der Waals surface area (Å²) in [5.41, 5.74) is 2.56. The Morgan fingerprint density at radius 1 is 0.923 bits per heavy atom.